The van der Waals surface area contributed by atoms with Gasteiger partial charge in [-0.05, 0) is 47.9 Å². The third-order valence-corrected chi connectivity index (χ3v) is 8.57. The molecule has 4 rings (SSSR count). The van der Waals surface area contributed by atoms with Crippen molar-refractivity contribution in [3.8, 4) is 5.75 Å². The van der Waals surface area contributed by atoms with Gasteiger partial charge in [-0.15, -0.1) is 11.8 Å². The van der Waals surface area contributed by atoms with Gasteiger partial charge in [0.25, 0.3) is 0 Å². The summed E-state index contributed by atoms with van der Waals surface area (Å²) in [6.45, 7) is 1.22. The maximum absolute atomic E-state index is 13.7. The second-order valence-corrected chi connectivity index (χ2v) is 10.7. The van der Waals surface area contributed by atoms with E-state index < -0.39 is 10.0 Å². The first-order valence-electron chi connectivity index (χ1n) is 10.3. The van der Waals surface area contributed by atoms with Crippen LogP contribution in [0.1, 0.15) is 23.6 Å². The van der Waals surface area contributed by atoms with E-state index in [4.69, 9.17) is 9.47 Å². The number of hydrogen-bond acceptors (Lipinski definition) is 6. The molecule has 1 saturated heterocycles. The first kappa shape index (κ1) is 23.0. The van der Waals surface area contributed by atoms with Crippen LogP contribution in [0.15, 0.2) is 46.2 Å². The molecule has 1 N–H and O–H groups in total. The number of hydrogen-bond donors (Lipinski definition) is 1. The molecule has 2 heterocycles. The molecule has 0 unspecified atom stereocenters. The van der Waals surface area contributed by atoms with Crippen molar-refractivity contribution in [2.75, 3.05) is 39.2 Å². The highest BCUT2D eigenvalue weighted by Crippen LogP contribution is 2.36. The minimum absolute atomic E-state index is 0.00389. The molecule has 0 aromatic heterocycles. The molecular formula is C22H25FN2O5S2. The maximum atomic E-state index is 13.7. The van der Waals surface area contributed by atoms with Crippen LogP contribution >= 0.6 is 11.8 Å². The van der Waals surface area contributed by atoms with Gasteiger partial charge in [-0.2, -0.15) is 4.31 Å². The Bertz CT molecular complexity index is 1100. The second-order valence-electron chi connectivity index (χ2n) is 7.62. The average Bonchev–Trinajstić information content (AvgIpc) is 2.80. The number of methoxy groups -OCH3 is 1. The topological polar surface area (TPSA) is 84.9 Å². The SMILES string of the molecule is COc1ccc(CC(=O)N[C@H]2CCSc3ccc(F)cc32)cc1S(=O)(=O)N1CCOCC1. The van der Waals surface area contributed by atoms with Crippen LogP contribution in [0, 0.1) is 5.82 Å². The van der Waals surface area contributed by atoms with Gasteiger partial charge in [-0.3, -0.25) is 4.79 Å². The summed E-state index contributed by atoms with van der Waals surface area (Å²) in [5.74, 6) is 0.471. The third kappa shape index (κ3) is 4.93. The summed E-state index contributed by atoms with van der Waals surface area (Å²) in [6, 6.07) is 9.09. The number of carbonyl (C=O) groups is 1. The van der Waals surface area contributed by atoms with E-state index >= 15 is 0 Å². The molecule has 1 fully saturated rings. The Balaban J connectivity index is 1.52. The smallest absolute Gasteiger partial charge is 0.246 e. The van der Waals surface area contributed by atoms with Crippen molar-refractivity contribution >= 4 is 27.7 Å². The first-order valence-corrected chi connectivity index (χ1v) is 12.8. The predicted octanol–water partition coefficient (Wildman–Crippen LogP) is 2.75. The Hall–Kier alpha value is -2.14. The predicted molar refractivity (Wildman–Crippen MR) is 119 cm³/mol. The van der Waals surface area contributed by atoms with Gasteiger partial charge in [-0.25, -0.2) is 12.8 Å². The lowest BCUT2D eigenvalue weighted by molar-refractivity contribution is -0.121. The van der Waals surface area contributed by atoms with E-state index in [0.717, 1.165) is 16.2 Å². The summed E-state index contributed by atoms with van der Waals surface area (Å²) < 4.78 is 51.9. The number of amides is 1. The van der Waals surface area contributed by atoms with E-state index in [-0.39, 0.29) is 47.9 Å². The molecule has 0 radical (unpaired) electrons. The Morgan fingerprint density at radius 1 is 1.25 bits per heavy atom. The zero-order valence-electron chi connectivity index (χ0n) is 17.7. The number of fused-ring (bicyclic) bond motifs is 1. The van der Waals surface area contributed by atoms with E-state index in [0.29, 0.717) is 25.2 Å². The molecule has 0 saturated carbocycles. The van der Waals surface area contributed by atoms with E-state index in [1.807, 2.05) is 0 Å². The summed E-state index contributed by atoms with van der Waals surface area (Å²) in [6.07, 6.45) is 0.704. The molecule has 32 heavy (non-hydrogen) atoms. The fourth-order valence-corrected chi connectivity index (χ4v) is 6.62. The van der Waals surface area contributed by atoms with Crippen LogP contribution in [0.2, 0.25) is 0 Å². The van der Waals surface area contributed by atoms with E-state index in [1.54, 1.807) is 30.0 Å². The summed E-state index contributed by atoms with van der Waals surface area (Å²) in [7, 11) is -2.37. The van der Waals surface area contributed by atoms with E-state index in [2.05, 4.69) is 5.32 Å². The van der Waals surface area contributed by atoms with Gasteiger partial charge in [0.05, 0.1) is 32.8 Å². The minimum Gasteiger partial charge on any atom is -0.495 e. The Morgan fingerprint density at radius 3 is 2.78 bits per heavy atom. The maximum Gasteiger partial charge on any atom is 0.246 e. The average molecular weight is 481 g/mol. The Labute approximate surface area is 191 Å². The fraction of sp³-hybridized carbons (Fsp3) is 0.409. The standard InChI is InChI=1S/C22H25FN2O5S2/c1-29-19-4-2-15(12-21(19)32(27,28)25-7-9-30-10-8-25)13-22(26)24-18-6-11-31-20-5-3-16(23)14-17(18)20/h2-5,12,14,18H,6-11,13H2,1H3,(H,24,26)/t18-/m0/s1. The van der Waals surface area contributed by atoms with E-state index in [1.165, 1.54) is 29.6 Å². The van der Waals surface area contributed by atoms with Crippen LogP contribution in [0.5, 0.6) is 5.75 Å². The van der Waals surface area contributed by atoms with Gasteiger partial charge in [0, 0.05) is 23.7 Å². The molecule has 172 valence electrons. The zero-order valence-corrected chi connectivity index (χ0v) is 19.3. The van der Waals surface area contributed by atoms with Gasteiger partial charge in [0.1, 0.15) is 16.5 Å². The molecular weight excluding hydrogens is 455 g/mol. The number of rotatable bonds is 6. The highest BCUT2D eigenvalue weighted by molar-refractivity contribution is 7.99. The monoisotopic (exact) mass is 480 g/mol. The number of nitrogens with zero attached hydrogens (tertiary/aromatic N) is 1. The number of benzene rings is 2. The lowest BCUT2D eigenvalue weighted by Crippen LogP contribution is -2.40. The van der Waals surface area contributed by atoms with Crippen molar-refractivity contribution in [1.82, 2.24) is 9.62 Å². The van der Waals surface area contributed by atoms with Gasteiger partial charge in [0.2, 0.25) is 15.9 Å². The third-order valence-electron chi connectivity index (χ3n) is 5.53. The number of sulfonamides is 1. The molecule has 2 aromatic carbocycles. The van der Waals surface area contributed by atoms with Crippen LogP contribution < -0.4 is 10.1 Å². The molecule has 1 atom stereocenters. The number of halogens is 1. The van der Waals surface area contributed by atoms with Gasteiger partial charge in [-0.1, -0.05) is 6.07 Å². The van der Waals surface area contributed by atoms with Crippen molar-refractivity contribution in [3.05, 3.63) is 53.3 Å². The zero-order chi connectivity index (χ0) is 22.7. The second kappa shape index (κ2) is 9.78. The fourth-order valence-electron chi connectivity index (χ4n) is 3.90. The molecule has 0 spiro atoms. The normalized spacial score (nSPS) is 19.2. The van der Waals surface area contributed by atoms with Crippen molar-refractivity contribution in [2.24, 2.45) is 0 Å². The van der Waals surface area contributed by atoms with Crippen molar-refractivity contribution in [2.45, 2.75) is 28.7 Å². The molecule has 0 aliphatic carbocycles. The largest absolute Gasteiger partial charge is 0.495 e. The first-order chi connectivity index (χ1) is 15.4. The lowest BCUT2D eigenvalue weighted by atomic mass is 10.0. The van der Waals surface area contributed by atoms with Gasteiger partial charge in [0.15, 0.2) is 0 Å². The van der Waals surface area contributed by atoms with Crippen LogP contribution in [0.3, 0.4) is 0 Å². The highest BCUT2D eigenvalue weighted by atomic mass is 32.2. The number of thioether (sulfide) groups is 1. The molecule has 2 aliphatic rings. The van der Waals surface area contributed by atoms with Crippen LogP contribution in [0.25, 0.3) is 0 Å². The Kier molecular flexibility index (Phi) is 7.04. The Morgan fingerprint density at radius 2 is 2.03 bits per heavy atom. The number of morpholine rings is 1. The van der Waals surface area contributed by atoms with Gasteiger partial charge >= 0.3 is 0 Å². The molecule has 1 amide bonds. The number of ether oxygens (including phenoxy) is 2. The van der Waals surface area contributed by atoms with Crippen LogP contribution in [0.4, 0.5) is 4.39 Å². The summed E-state index contributed by atoms with van der Waals surface area (Å²) in [5, 5.41) is 2.97. The van der Waals surface area contributed by atoms with E-state index in [9.17, 15) is 17.6 Å². The molecule has 0 bridgehead atoms. The van der Waals surface area contributed by atoms with Crippen molar-refractivity contribution < 1.29 is 27.1 Å². The summed E-state index contributed by atoms with van der Waals surface area (Å²) in [4.78, 5) is 13.8. The summed E-state index contributed by atoms with van der Waals surface area (Å²) in [5.41, 5.74) is 1.33. The quantitative estimate of drug-likeness (QED) is 0.685. The molecule has 10 heteroatoms. The van der Waals surface area contributed by atoms with Crippen molar-refractivity contribution in [1.29, 1.82) is 0 Å². The summed E-state index contributed by atoms with van der Waals surface area (Å²) >= 11 is 1.64. The van der Waals surface area contributed by atoms with Gasteiger partial charge < -0.3 is 14.8 Å². The van der Waals surface area contributed by atoms with Crippen molar-refractivity contribution in [3.63, 3.8) is 0 Å². The molecule has 7 nitrogen and oxygen atoms in total. The minimum atomic E-state index is -3.78. The molecule has 2 aromatic rings. The number of carbonyl (C=O) groups excluding carboxylic acids is 1. The number of nitrogens with one attached hydrogen (secondary N) is 1. The van der Waals surface area contributed by atoms with Crippen LogP contribution in [-0.4, -0.2) is 57.8 Å². The van der Waals surface area contributed by atoms with Crippen LogP contribution in [-0.2, 0) is 26.0 Å². The highest BCUT2D eigenvalue weighted by Gasteiger charge is 2.30. The molecule has 2 aliphatic heterocycles. The lowest BCUT2D eigenvalue weighted by Gasteiger charge is -2.27.